The van der Waals surface area contributed by atoms with Crippen molar-refractivity contribution in [1.29, 1.82) is 5.26 Å². The number of carbonyl (C=O) groups is 1. The average molecular weight is 267 g/mol. The summed E-state index contributed by atoms with van der Waals surface area (Å²) in [5, 5.41) is 21.0. The van der Waals surface area contributed by atoms with Crippen LogP contribution in [0.25, 0.3) is 0 Å². The minimum Gasteiger partial charge on any atom is -0.477 e. The molecule has 0 fully saturated rings. The van der Waals surface area contributed by atoms with Crippen LogP contribution in [0.2, 0.25) is 0 Å². The molecule has 0 spiro atoms. The highest BCUT2D eigenvalue weighted by Gasteiger charge is 2.05. The number of aromatic carboxylic acids is 1. The first-order valence-electron chi connectivity index (χ1n) is 6.03. The second-order valence-corrected chi connectivity index (χ2v) is 4.37. The molecule has 0 bridgehead atoms. The number of hydrogen-bond donors (Lipinski definition) is 2. The SMILES string of the molecule is Cc1ccc(C#N)c(NCc2ccc(C(=O)O)nc2)c1. The molecular formula is C15H13N3O2. The van der Waals surface area contributed by atoms with E-state index in [9.17, 15) is 4.79 Å². The Labute approximate surface area is 116 Å². The Morgan fingerprint density at radius 2 is 2.20 bits per heavy atom. The van der Waals surface area contributed by atoms with Crippen LogP contribution in [-0.4, -0.2) is 16.1 Å². The minimum atomic E-state index is -1.05. The molecule has 2 N–H and O–H groups in total. The lowest BCUT2D eigenvalue weighted by Gasteiger charge is -2.09. The normalized spacial score (nSPS) is 9.80. The van der Waals surface area contributed by atoms with Gasteiger partial charge < -0.3 is 10.4 Å². The zero-order valence-electron chi connectivity index (χ0n) is 10.9. The van der Waals surface area contributed by atoms with E-state index in [-0.39, 0.29) is 5.69 Å². The van der Waals surface area contributed by atoms with E-state index in [1.54, 1.807) is 12.1 Å². The number of carboxylic acids is 1. The predicted octanol–water partition coefficient (Wildman–Crippen LogP) is 2.57. The minimum absolute atomic E-state index is 0.0158. The van der Waals surface area contributed by atoms with Crippen molar-refractivity contribution >= 4 is 11.7 Å². The van der Waals surface area contributed by atoms with Gasteiger partial charge in [-0.25, -0.2) is 9.78 Å². The second kappa shape index (κ2) is 5.85. The van der Waals surface area contributed by atoms with Gasteiger partial charge >= 0.3 is 5.97 Å². The standard InChI is InChI=1S/C15H13N3O2/c1-10-2-4-12(7-16)14(6-10)18-9-11-3-5-13(15(19)20)17-8-11/h2-6,8,18H,9H2,1H3,(H,19,20). The molecule has 0 atom stereocenters. The molecule has 0 radical (unpaired) electrons. The predicted molar refractivity (Wildman–Crippen MR) is 74.4 cm³/mol. The molecular weight excluding hydrogens is 254 g/mol. The molecule has 0 amide bonds. The van der Waals surface area contributed by atoms with Gasteiger partial charge in [-0.3, -0.25) is 0 Å². The van der Waals surface area contributed by atoms with Crippen LogP contribution in [0.4, 0.5) is 5.69 Å². The molecule has 1 aromatic heterocycles. The number of rotatable bonds is 4. The van der Waals surface area contributed by atoms with Gasteiger partial charge in [0.1, 0.15) is 11.8 Å². The molecule has 20 heavy (non-hydrogen) atoms. The van der Waals surface area contributed by atoms with Crippen LogP contribution < -0.4 is 5.32 Å². The van der Waals surface area contributed by atoms with Crippen molar-refractivity contribution in [2.24, 2.45) is 0 Å². The van der Waals surface area contributed by atoms with E-state index in [0.29, 0.717) is 12.1 Å². The molecule has 5 nitrogen and oxygen atoms in total. The smallest absolute Gasteiger partial charge is 0.354 e. The van der Waals surface area contributed by atoms with Gasteiger partial charge in [0, 0.05) is 12.7 Å². The molecule has 0 aliphatic heterocycles. The number of benzene rings is 1. The van der Waals surface area contributed by atoms with Crippen LogP contribution in [0, 0.1) is 18.3 Å². The highest BCUT2D eigenvalue weighted by molar-refractivity contribution is 5.85. The monoisotopic (exact) mass is 267 g/mol. The van der Waals surface area contributed by atoms with Crippen molar-refractivity contribution in [3.05, 3.63) is 58.9 Å². The zero-order valence-corrected chi connectivity index (χ0v) is 10.9. The van der Waals surface area contributed by atoms with E-state index in [1.165, 1.54) is 12.3 Å². The molecule has 0 saturated heterocycles. The van der Waals surface area contributed by atoms with Crippen LogP contribution in [0.1, 0.15) is 27.2 Å². The number of anilines is 1. The van der Waals surface area contributed by atoms with E-state index >= 15 is 0 Å². The first-order valence-corrected chi connectivity index (χ1v) is 6.03. The van der Waals surface area contributed by atoms with Gasteiger partial charge in [-0.15, -0.1) is 0 Å². The Kier molecular flexibility index (Phi) is 3.96. The number of pyridine rings is 1. The Balaban J connectivity index is 2.11. The Morgan fingerprint density at radius 3 is 2.80 bits per heavy atom. The lowest BCUT2D eigenvalue weighted by molar-refractivity contribution is 0.0690. The number of nitrogens with one attached hydrogen (secondary N) is 1. The summed E-state index contributed by atoms with van der Waals surface area (Å²) in [6, 6.07) is 10.8. The summed E-state index contributed by atoms with van der Waals surface area (Å²) in [6.07, 6.45) is 1.51. The highest BCUT2D eigenvalue weighted by atomic mass is 16.4. The molecule has 0 aliphatic rings. The van der Waals surface area contributed by atoms with Crippen LogP contribution in [0.15, 0.2) is 36.5 Å². The first kappa shape index (κ1) is 13.6. The number of nitrogens with zero attached hydrogens (tertiary/aromatic N) is 2. The van der Waals surface area contributed by atoms with E-state index in [2.05, 4.69) is 16.4 Å². The maximum atomic E-state index is 10.7. The van der Waals surface area contributed by atoms with Gasteiger partial charge in [0.25, 0.3) is 0 Å². The summed E-state index contributed by atoms with van der Waals surface area (Å²) in [4.78, 5) is 14.5. The maximum absolute atomic E-state index is 10.7. The third-order valence-corrected chi connectivity index (χ3v) is 2.82. The van der Waals surface area contributed by atoms with E-state index in [0.717, 1.165) is 16.8 Å². The lowest BCUT2D eigenvalue weighted by atomic mass is 10.1. The molecule has 0 saturated carbocycles. The maximum Gasteiger partial charge on any atom is 0.354 e. The molecule has 100 valence electrons. The molecule has 1 heterocycles. The van der Waals surface area contributed by atoms with Crippen LogP contribution in [0.3, 0.4) is 0 Å². The summed E-state index contributed by atoms with van der Waals surface area (Å²) >= 11 is 0. The molecule has 5 heteroatoms. The quantitative estimate of drug-likeness (QED) is 0.889. The van der Waals surface area contributed by atoms with Gasteiger partial charge in [0.05, 0.1) is 11.3 Å². The van der Waals surface area contributed by atoms with Gasteiger partial charge in [-0.2, -0.15) is 5.26 Å². The Morgan fingerprint density at radius 1 is 1.40 bits per heavy atom. The van der Waals surface area contributed by atoms with Crippen molar-refractivity contribution in [2.45, 2.75) is 13.5 Å². The molecule has 1 aromatic carbocycles. The Bertz CT molecular complexity index is 673. The van der Waals surface area contributed by atoms with Crippen molar-refractivity contribution in [3.8, 4) is 6.07 Å². The number of hydrogen-bond acceptors (Lipinski definition) is 4. The van der Waals surface area contributed by atoms with E-state index < -0.39 is 5.97 Å². The first-order chi connectivity index (χ1) is 9.60. The molecule has 0 aliphatic carbocycles. The number of nitriles is 1. The average Bonchev–Trinajstić information content (AvgIpc) is 2.45. The third kappa shape index (κ3) is 3.12. The largest absolute Gasteiger partial charge is 0.477 e. The fourth-order valence-electron chi connectivity index (χ4n) is 1.75. The van der Waals surface area contributed by atoms with Crippen LogP contribution >= 0.6 is 0 Å². The van der Waals surface area contributed by atoms with Crippen molar-refractivity contribution in [3.63, 3.8) is 0 Å². The highest BCUT2D eigenvalue weighted by Crippen LogP contribution is 2.17. The summed E-state index contributed by atoms with van der Waals surface area (Å²) in [6.45, 7) is 2.43. The topological polar surface area (TPSA) is 86.0 Å². The van der Waals surface area contributed by atoms with Crippen molar-refractivity contribution in [2.75, 3.05) is 5.32 Å². The van der Waals surface area contributed by atoms with E-state index in [1.807, 2.05) is 19.1 Å². The van der Waals surface area contributed by atoms with E-state index in [4.69, 9.17) is 10.4 Å². The summed E-state index contributed by atoms with van der Waals surface area (Å²) in [7, 11) is 0. The van der Waals surface area contributed by atoms with Gasteiger partial charge in [0.15, 0.2) is 0 Å². The van der Waals surface area contributed by atoms with Gasteiger partial charge in [-0.05, 0) is 36.2 Å². The Hall–Kier alpha value is -2.87. The third-order valence-electron chi connectivity index (χ3n) is 2.82. The van der Waals surface area contributed by atoms with Crippen molar-refractivity contribution < 1.29 is 9.90 Å². The number of aryl methyl sites for hydroxylation is 1. The molecule has 0 unspecified atom stereocenters. The summed E-state index contributed by atoms with van der Waals surface area (Å²) < 4.78 is 0. The molecule has 2 aromatic rings. The number of aromatic nitrogens is 1. The molecule has 2 rings (SSSR count). The fourth-order valence-corrected chi connectivity index (χ4v) is 1.75. The zero-order chi connectivity index (χ0) is 14.5. The second-order valence-electron chi connectivity index (χ2n) is 4.37. The van der Waals surface area contributed by atoms with Gasteiger partial charge in [0.2, 0.25) is 0 Å². The fraction of sp³-hybridized carbons (Fsp3) is 0.133. The number of carboxylic acid groups (broad SMARTS) is 1. The summed E-state index contributed by atoms with van der Waals surface area (Å²) in [5.74, 6) is -1.05. The summed E-state index contributed by atoms with van der Waals surface area (Å²) in [5.41, 5.74) is 3.26. The van der Waals surface area contributed by atoms with Crippen LogP contribution in [0.5, 0.6) is 0 Å². The van der Waals surface area contributed by atoms with Gasteiger partial charge in [-0.1, -0.05) is 12.1 Å². The van der Waals surface area contributed by atoms with Crippen molar-refractivity contribution in [1.82, 2.24) is 4.98 Å². The van der Waals surface area contributed by atoms with Crippen LogP contribution in [-0.2, 0) is 6.54 Å². The lowest BCUT2D eigenvalue weighted by Crippen LogP contribution is -2.04.